The van der Waals surface area contributed by atoms with Gasteiger partial charge in [-0.15, -0.1) is 0 Å². The molecule has 192 valence electrons. The molecule has 3 N–H and O–H groups in total. The minimum atomic E-state index is -0.527. The van der Waals surface area contributed by atoms with Gasteiger partial charge in [0.25, 0.3) is 0 Å². The molecule has 4 unspecified atom stereocenters. The topological polar surface area (TPSA) is 123 Å². The maximum absolute atomic E-state index is 12.0. The van der Waals surface area contributed by atoms with Crippen LogP contribution >= 0.6 is 33.3 Å². The van der Waals surface area contributed by atoms with Gasteiger partial charge in [0, 0.05) is 55.7 Å². The van der Waals surface area contributed by atoms with E-state index in [1.165, 1.54) is 0 Å². The van der Waals surface area contributed by atoms with Gasteiger partial charge in [-0.05, 0) is 12.8 Å². The molecule has 3 aliphatic heterocycles. The van der Waals surface area contributed by atoms with Gasteiger partial charge < -0.3 is 25.9 Å². The van der Waals surface area contributed by atoms with E-state index in [0.29, 0.717) is 36.8 Å². The molecule has 4 atom stereocenters. The van der Waals surface area contributed by atoms with Gasteiger partial charge in [0.1, 0.15) is 6.61 Å². The van der Waals surface area contributed by atoms with E-state index in [9.17, 15) is 19.6 Å². The number of hydrogen-bond donors (Lipinski definition) is 3. The van der Waals surface area contributed by atoms with Crippen molar-refractivity contribution in [2.75, 3.05) is 30.4 Å². The highest BCUT2D eigenvalue weighted by Gasteiger charge is 2.43. The zero-order valence-corrected chi connectivity index (χ0v) is 22.3. The molecule has 0 radical (unpaired) electrons. The van der Waals surface area contributed by atoms with Crippen LogP contribution in [0.1, 0.15) is 52.4 Å². The molecule has 3 rings (SSSR count). The molecule has 0 aromatic heterocycles. The Hall–Kier alpha value is -1.27. The van der Waals surface area contributed by atoms with Crippen molar-refractivity contribution in [1.82, 2.24) is 16.0 Å². The molecule has 2 saturated heterocycles. The number of hydrogen-bond acceptors (Lipinski definition) is 8. The van der Waals surface area contributed by atoms with Crippen molar-refractivity contribution in [3.63, 3.8) is 0 Å². The largest absolute Gasteiger partial charge is 0.624 e. The molecule has 3 amide bonds. The first-order valence-electron chi connectivity index (χ1n) is 11.9. The summed E-state index contributed by atoms with van der Waals surface area (Å²) in [6.07, 6.45) is 5.97. The van der Waals surface area contributed by atoms with Gasteiger partial charge in [-0.1, -0.05) is 28.0 Å². The summed E-state index contributed by atoms with van der Waals surface area (Å²) in [5, 5.41) is 21.1. The number of fused-ring (bicyclic) bond motifs is 1. The Balaban J connectivity index is 1.11. The summed E-state index contributed by atoms with van der Waals surface area (Å²) in [4.78, 5) is 35.3. The quantitative estimate of drug-likeness (QED) is 0.0779. The second-order valence-corrected chi connectivity index (χ2v) is 13.4. The molecule has 12 heteroatoms. The van der Waals surface area contributed by atoms with Crippen molar-refractivity contribution in [2.45, 2.75) is 75.2 Å². The summed E-state index contributed by atoms with van der Waals surface area (Å²) in [5.74, 6) is 2.27. The molecular weight excluding hydrogens is 496 g/mol. The smallest absolute Gasteiger partial charge is 0.315 e. The van der Waals surface area contributed by atoms with Crippen molar-refractivity contribution in [1.29, 1.82) is 0 Å². The number of nitrogens with one attached hydrogen (secondary N) is 3. The van der Waals surface area contributed by atoms with Crippen LogP contribution in [0.3, 0.4) is 0 Å². The van der Waals surface area contributed by atoms with Crippen LogP contribution < -0.4 is 16.0 Å². The van der Waals surface area contributed by atoms with Crippen molar-refractivity contribution >= 4 is 57.5 Å². The van der Waals surface area contributed by atoms with Crippen LogP contribution in [0.5, 0.6) is 0 Å². The van der Waals surface area contributed by atoms with E-state index < -0.39 is 5.54 Å². The van der Waals surface area contributed by atoms with Gasteiger partial charge in [0.15, 0.2) is 11.8 Å². The van der Waals surface area contributed by atoms with Gasteiger partial charge >= 0.3 is 12.0 Å². The number of urea groups is 1. The summed E-state index contributed by atoms with van der Waals surface area (Å²) in [6.45, 7) is 4.62. The number of amides is 3. The third-order valence-corrected chi connectivity index (χ3v) is 10.5. The lowest BCUT2D eigenvalue weighted by molar-refractivity contribution is -0.536. The number of nitrogens with zero attached hydrogens (tertiary/aromatic N) is 1. The number of rotatable bonds is 14. The Kier molecular flexibility index (Phi) is 10.6. The maximum Gasteiger partial charge on any atom is 0.315 e. The van der Waals surface area contributed by atoms with Gasteiger partial charge in [-0.3, -0.25) is 9.59 Å². The summed E-state index contributed by atoms with van der Waals surface area (Å²) in [7, 11) is 3.23. The van der Waals surface area contributed by atoms with Crippen LogP contribution in [-0.2, 0) is 14.3 Å². The number of thioether (sulfide) groups is 1. The van der Waals surface area contributed by atoms with Gasteiger partial charge in [-0.2, -0.15) is 11.8 Å². The van der Waals surface area contributed by atoms with Crippen molar-refractivity contribution in [2.24, 2.45) is 5.92 Å². The fourth-order valence-corrected chi connectivity index (χ4v) is 7.72. The molecule has 9 nitrogen and oxygen atoms in total. The fourth-order valence-electron chi connectivity index (χ4n) is 4.30. The van der Waals surface area contributed by atoms with Crippen LogP contribution in [0.2, 0.25) is 0 Å². The number of hydroxylamine groups is 1. The van der Waals surface area contributed by atoms with E-state index in [4.69, 9.17) is 4.74 Å². The lowest BCUT2D eigenvalue weighted by Crippen LogP contribution is -2.38. The van der Waals surface area contributed by atoms with E-state index in [-0.39, 0.29) is 42.5 Å². The van der Waals surface area contributed by atoms with E-state index in [2.05, 4.69) is 16.0 Å². The monoisotopic (exact) mass is 532 g/mol. The van der Waals surface area contributed by atoms with Crippen molar-refractivity contribution < 1.29 is 23.9 Å². The normalized spacial score (nSPS) is 27.0. The average molecular weight is 533 g/mol. The minimum Gasteiger partial charge on any atom is -0.624 e. The molecule has 3 heterocycles. The molecule has 0 aromatic carbocycles. The second-order valence-electron chi connectivity index (χ2n) is 9.39. The summed E-state index contributed by atoms with van der Waals surface area (Å²) < 4.78 is 6.30. The van der Waals surface area contributed by atoms with Gasteiger partial charge in [0.2, 0.25) is 5.91 Å². The Labute approximate surface area is 213 Å². The lowest BCUT2D eigenvalue weighted by atomic mass is 9.89. The number of esters is 1. The molecule has 0 spiro atoms. The van der Waals surface area contributed by atoms with E-state index in [1.807, 2.05) is 25.6 Å². The summed E-state index contributed by atoms with van der Waals surface area (Å²) >= 11 is 1.90. The third kappa shape index (κ3) is 7.87. The van der Waals surface area contributed by atoms with Crippen LogP contribution in [0.25, 0.3) is 0 Å². The Morgan fingerprint density at radius 2 is 2.06 bits per heavy atom. The van der Waals surface area contributed by atoms with Crippen LogP contribution in [0.15, 0.2) is 0 Å². The maximum atomic E-state index is 12.0. The Morgan fingerprint density at radius 3 is 2.82 bits per heavy atom. The van der Waals surface area contributed by atoms with Crippen LogP contribution in [0.4, 0.5) is 4.79 Å². The fraction of sp³-hybridized carbons (Fsp3) is 0.818. The molecule has 0 aromatic rings. The van der Waals surface area contributed by atoms with Gasteiger partial charge in [0.05, 0.1) is 24.4 Å². The third-order valence-electron chi connectivity index (χ3n) is 6.63. The zero-order chi connectivity index (χ0) is 24.6. The van der Waals surface area contributed by atoms with Crippen molar-refractivity contribution in [3.05, 3.63) is 5.21 Å². The van der Waals surface area contributed by atoms with Crippen LogP contribution in [0, 0.1) is 11.1 Å². The first-order valence-corrected chi connectivity index (χ1v) is 15.5. The predicted octanol–water partition coefficient (Wildman–Crippen LogP) is 2.52. The zero-order valence-electron chi connectivity index (χ0n) is 19.9. The number of carbonyl (C=O) groups is 3. The number of ether oxygens (including phenoxy) is 1. The molecule has 0 bridgehead atoms. The van der Waals surface area contributed by atoms with E-state index in [1.54, 1.807) is 27.8 Å². The molecule has 0 aliphatic carbocycles. The second kappa shape index (κ2) is 13.2. The highest BCUT2D eigenvalue weighted by molar-refractivity contribution is 8.76. The SMILES string of the molecule is CC1(C)C(COC(=O)CCSSCCNC(=O)CCCCC2SCC3NC(=O)NC32)CC=[N+]1[O-]. The first kappa shape index (κ1) is 27.3. The Bertz CT molecular complexity index is 767. The van der Waals surface area contributed by atoms with Crippen LogP contribution in [-0.4, -0.2) is 82.1 Å². The number of unbranched alkanes of at least 4 members (excludes halogenated alkanes) is 1. The number of carbonyl (C=O) groups excluding carboxylic acids is 3. The summed E-state index contributed by atoms with van der Waals surface area (Å²) in [5.41, 5.74) is -0.527. The minimum absolute atomic E-state index is 0.0285. The molecule has 2 fully saturated rings. The standard InChI is InChI=1S/C22H36N4O5S3/c1-22(2)15(7-10-26(22)30)13-31-19(28)8-11-33-34-12-9-23-18(27)6-4-3-5-17-20-16(14-32-17)24-21(29)25-20/h10,15-17,20H,3-9,11-14H2,1-2H3,(H,23,27)(H2,24,25,29). The lowest BCUT2D eigenvalue weighted by Gasteiger charge is -2.25. The summed E-state index contributed by atoms with van der Waals surface area (Å²) in [6, 6.07) is 0.419. The molecule has 0 saturated carbocycles. The molecular formula is C22H36N4O5S3. The molecule has 34 heavy (non-hydrogen) atoms. The van der Waals surface area contributed by atoms with Gasteiger partial charge in [-0.25, -0.2) is 9.53 Å². The van der Waals surface area contributed by atoms with E-state index >= 15 is 0 Å². The highest BCUT2D eigenvalue weighted by atomic mass is 33.1. The van der Waals surface area contributed by atoms with Crippen molar-refractivity contribution in [3.8, 4) is 0 Å². The predicted molar refractivity (Wildman–Crippen MR) is 139 cm³/mol. The van der Waals surface area contributed by atoms with E-state index in [0.717, 1.165) is 35.5 Å². The average Bonchev–Trinajstić information content (AvgIpc) is 3.42. The highest BCUT2D eigenvalue weighted by Crippen LogP contribution is 2.33. The molecule has 3 aliphatic rings. The first-order chi connectivity index (χ1) is 16.3. The Morgan fingerprint density at radius 1 is 1.26 bits per heavy atom.